The third kappa shape index (κ3) is 6.03. The lowest BCUT2D eigenvalue weighted by Gasteiger charge is -2.13. The summed E-state index contributed by atoms with van der Waals surface area (Å²) in [5.41, 5.74) is 0.911. The number of Topliss-reactive ketones (excluding diaryl/α,β-unsaturated/α-hetero) is 1. The van der Waals surface area contributed by atoms with Crippen LogP contribution in [-0.2, 0) is 11.2 Å². The summed E-state index contributed by atoms with van der Waals surface area (Å²) in [6.45, 7) is 3.54. The molecule has 0 saturated carbocycles. The van der Waals surface area contributed by atoms with Crippen LogP contribution in [0.1, 0.15) is 55.5 Å². The van der Waals surface area contributed by atoms with Gasteiger partial charge in [0.2, 0.25) is 0 Å². The van der Waals surface area contributed by atoms with E-state index in [1.54, 1.807) is 12.1 Å². The van der Waals surface area contributed by atoms with Crippen molar-refractivity contribution >= 4 is 11.8 Å². The van der Waals surface area contributed by atoms with Crippen molar-refractivity contribution < 1.29 is 24.5 Å². The molecule has 0 aliphatic heterocycles. The zero-order chi connectivity index (χ0) is 17.2. The fourth-order valence-electron chi connectivity index (χ4n) is 2.11. The maximum absolute atomic E-state index is 11.5. The van der Waals surface area contributed by atoms with E-state index in [-0.39, 0.29) is 24.6 Å². The first-order valence-electron chi connectivity index (χ1n) is 7.63. The molecule has 0 aliphatic rings. The molecule has 0 heterocycles. The van der Waals surface area contributed by atoms with Crippen molar-refractivity contribution in [2.75, 3.05) is 6.61 Å². The van der Waals surface area contributed by atoms with E-state index < -0.39 is 5.97 Å². The van der Waals surface area contributed by atoms with Crippen LogP contribution >= 0.6 is 0 Å². The molecule has 2 N–H and O–H groups in total. The molecule has 0 bridgehead atoms. The van der Waals surface area contributed by atoms with Crippen LogP contribution in [0.3, 0.4) is 0 Å². The van der Waals surface area contributed by atoms with Gasteiger partial charge in [-0.25, -0.2) is 0 Å². The number of ketones is 1. The van der Waals surface area contributed by atoms with E-state index >= 15 is 0 Å². The van der Waals surface area contributed by atoms with Crippen LogP contribution in [0, 0.1) is 11.8 Å². The number of rotatable bonds is 8. The highest BCUT2D eigenvalue weighted by Gasteiger charge is 2.15. The van der Waals surface area contributed by atoms with Gasteiger partial charge in [0, 0.05) is 18.4 Å². The number of phenols is 1. The topological polar surface area (TPSA) is 83.8 Å². The van der Waals surface area contributed by atoms with Gasteiger partial charge >= 0.3 is 5.97 Å². The lowest BCUT2D eigenvalue weighted by Crippen LogP contribution is -2.02. The molecule has 5 nitrogen and oxygen atoms in total. The first-order chi connectivity index (χ1) is 11.0. The average molecular weight is 318 g/mol. The minimum absolute atomic E-state index is 0.0220. The second-order valence-corrected chi connectivity index (χ2v) is 5.13. The molecule has 0 saturated heterocycles. The van der Waals surface area contributed by atoms with E-state index in [4.69, 9.17) is 9.84 Å². The Kier molecular flexibility index (Phi) is 7.69. The van der Waals surface area contributed by atoms with Gasteiger partial charge in [0.25, 0.3) is 0 Å². The predicted molar refractivity (Wildman–Crippen MR) is 86.9 cm³/mol. The van der Waals surface area contributed by atoms with E-state index in [1.807, 2.05) is 6.92 Å². The van der Waals surface area contributed by atoms with Gasteiger partial charge in [-0.2, -0.15) is 0 Å². The number of aliphatic carboxylic acids is 1. The Balaban J connectivity index is 2.69. The van der Waals surface area contributed by atoms with E-state index in [0.29, 0.717) is 36.1 Å². The molecule has 124 valence electrons. The van der Waals surface area contributed by atoms with Gasteiger partial charge in [-0.05, 0) is 31.9 Å². The van der Waals surface area contributed by atoms with Crippen molar-refractivity contribution in [1.29, 1.82) is 0 Å². The number of carboxylic acid groups (broad SMARTS) is 1. The van der Waals surface area contributed by atoms with Gasteiger partial charge in [-0.3, -0.25) is 9.59 Å². The smallest absolute Gasteiger partial charge is 0.303 e. The van der Waals surface area contributed by atoms with Crippen LogP contribution in [0.25, 0.3) is 0 Å². The van der Waals surface area contributed by atoms with Crippen molar-refractivity contribution in [1.82, 2.24) is 0 Å². The number of phenolic OH excluding ortho intramolecular Hbond substituents is 1. The maximum Gasteiger partial charge on any atom is 0.303 e. The Morgan fingerprint density at radius 2 is 2.00 bits per heavy atom. The molecule has 0 fully saturated rings. The summed E-state index contributed by atoms with van der Waals surface area (Å²) in [4.78, 5) is 21.8. The summed E-state index contributed by atoms with van der Waals surface area (Å²) >= 11 is 0. The minimum Gasteiger partial charge on any atom is -0.507 e. The maximum atomic E-state index is 11.5. The highest BCUT2D eigenvalue weighted by atomic mass is 16.5. The number of aromatic hydroxyl groups is 1. The zero-order valence-corrected chi connectivity index (χ0v) is 13.5. The van der Waals surface area contributed by atoms with Crippen LogP contribution in [0.2, 0.25) is 0 Å². The summed E-state index contributed by atoms with van der Waals surface area (Å²) < 4.78 is 5.57. The molecular formula is C18H22O5. The van der Waals surface area contributed by atoms with Crippen LogP contribution in [0.5, 0.6) is 11.5 Å². The Bertz CT molecular complexity index is 622. The molecule has 0 atom stereocenters. The summed E-state index contributed by atoms with van der Waals surface area (Å²) in [6, 6.07) is 3.22. The van der Waals surface area contributed by atoms with Gasteiger partial charge in [0.15, 0.2) is 5.78 Å². The number of benzene rings is 1. The molecule has 0 aliphatic carbocycles. The van der Waals surface area contributed by atoms with Crippen LogP contribution in [0.4, 0.5) is 0 Å². The lowest BCUT2D eigenvalue weighted by atomic mass is 10.0. The van der Waals surface area contributed by atoms with E-state index in [0.717, 1.165) is 6.42 Å². The number of hydrogen-bond donors (Lipinski definition) is 2. The fourth-order valence-corrected chi connectivity index (χ4v) is 2.11. The minimum atomic E-state index is -0.826. The second kappa shape index (κ2) is 9.52. The molecule has 0 radical (unpaired) electrons. The molecule has 1 aromatic carbocycles. The van der Waals surface area contributed by atoms with Gasteiger partial charge in [-0.1, -0.05) is 25.2 Å². The monoisotopic (exact) mass is 318 g/mol. The van der Waals surface area contributed by atoms with E-state index in [1.165, 1.54) is 6.92 Å². The Hall–Kier alpha value is -2.48. The number of ether oxygens (including phenoxy) is 1. The SMILES string of the molecule is CCCc1c(OCC#CCCCC(=O)O)ccc(C(C)=O)c1O. The number of carboxylic acids is 1. The first kappa shape index (κ1) is 18.6. The molecule has 0 amide bonds. The summed E-state index contributed by atoms with van der Waals surface area (Å²) in [5, 5.41) is 18.7. The third-order valence-corrected chi connectivity index (χ3v) is 3.24. The lowest BCUT2D eigenvalue weighted by molar-refractivity contribution is -0.137. The molecule has 5 heteroatoms. The largest absolute Gasteiger partial charge is 0.507 e. The zero-order valence-electron chi connectivity index (χ0n) is 13.5. The quantitative estimate of drug-likeness (QED) is 0.437. The first-order valence-corrected chi connectivity index (χ1v) is 7.63. The molecule has 1 rings (SSSR count). The molecule has 0 aromatic heterocycles. The van der Waals surface area contributed by atoms with Gasteiger partial charge in [0.05, 0.1) is 5.56 Å². The van der Waals surface area contributed by atoms with Gasteiger partial charge in [-0.15, -0.1) is 0 Å². The van der Waals surface area contributed by atoms with Crippen molar-refractivity contribution in [3.63, 3.8) is 0 Å². The summed E-state index contributed by atoms with van der Waals surface area (Å²) in [6.07, 6.45) is 2.54. The van der Waals surface area contributed by atoms with E-state index in [2.05, 4.69) is 11.8 Å². The Morgan fingerprint density at radius 3 is 2.61 bits per heavy atom. The highest BCUT2D eigenvalue weighted by Crippen LogP contribution is 2.32. The Morgan fingerprint density at radius 1 is 1.26 bits per heavy atom. The van der Waals surface area contributed by atoms with Crippen molar-refractivity contribution in [3.05, 3.63) is 23.3 Å². The van der Waals surface area contributed by atoms with Crippen molar-refractivity contribution in [2.24, 2.45) is 0 Å². The number of carbonyl (C=O) groups excluding carboxylic acids is 1. The van der Waals surface area contributed by atoms with Crippen LogP contribution < -0.4 is 4.74 Å². The average Bonchev–Trinajstić information content (AvgIpc) is 2.48. The third-order valence-electron chi connectivity index (χ3n) is 3.24. The number of unbranched alkanes of at least 4 members (excludes halogenated alkanes) is 1. The molecule has 0 unspecified atom stereocenters. The summed E-state index contributed by atoms with van der Waals surface area (Å²) in [5.74, 6) is 5.16. The van der Waals surface area contributed by atoms with E-state index in [9.17, 15) is 14.7 Å². The van der Waals surface area contributed by atoms with Crippen LogP contribution in [-0.4, -0.2) is 28.6 Å². The summed E-state index contributed by atoms with van der Waals surface area (Å²) in [7, 11) is 0. The molecule has 1 aromatic rings. The van der Waals surface area contributed by atoms with Gasteiger partial charge in [0.1, 0.15) is 18.1 Å². The highest BCUT2D eigenvalue weighted by molar-refractivity contribution is 5.97. The molecular weight excluding hydrogens is 296 g/mol. The number of hydrogen-bond acceptors (Lipinski definition) is 4. The van der Waals surface area contributed by atoms with Crippen molar-refractivity contribution in [2.45, 2.75) is 46.0 Å². The molecule has 23 heavy (non-hydrogen) atoms. The fraction of sp³-hybridized carbons (Fsp3) is 0.444. The predicted octanol–water partition coefficient (Wildman–Crippen LogP) is 3.18. The standard InChI is InChI=1S/C18H22O5/c1-3-8-15-16(11-10-14(13(2)19)18(15)22)23-12-7-5-4-6-9-17(20)21/h10-11,22H,3-4,6,8-9,12H2,1-2H3,(H,20,21). The van der Waals surface area contributed by atoms with Crippen LogP contribution in [0.15, 0.2) is 12.1 Å². The number of carbonyl (C=O) groups is 2. The normalized spacial score (nSPS) is 9.83. The van der Waals surface area contributed by atoms with Gasteiger partial charge < -0.3 is 14.9 Å². The molecule has 0 spiro atoms. The Labute approximate surface area is 136 Å². The van der Waals surface area contributed by atoms with Crippen molar-refractivity contribution in [3.8, 4) is 23.3 Å². The second-order valence-electron chi connectivity index (χ2n) is 5.13.